The van der Waals surface area contributed by atoms with Crippen LogP contribution in [0.4, 0.5) is 0 Å². The molecule has 0 spiro atoms. The molecule has 128 valence electrons. The largest absolute Gasteiger partial charge is 0.472 e. The summed E-state index contributed by atoms with van der Waals surface area (Å²) in [5, 5.41) is 0. The third-order valence-corrected chi connectivity index (χ3v) is 3.31. The standard InChI is InChI=1S/C14H19O8P/c1-3-13(15)19-9-5-7-11-21-23(17,18)22-12-8-6-10-20-14(16)4-2/h1-2H,5-12H2,(H,17,18). The van der Waals surface area contributed by atoms with Gasteiger partial charge in [-0.15, -0.1) is 12.8 Å². The highest BCUT2D eigenvalue weighted by Gasteiger charge is 2.20. The van der Waals surface area contributed by atoms with E-state index in [4.69, 9.17) is 21.9 Å². The summed E-state index contributed by atoms with van der Waals surface area (Å²) >= 11 is 0. The first-order chi connectivity index (χ1) is 10.9. The van der Waals surface area contributed by atoms with Gasteiger partial charge in [-0.05, 0) is 25.7 Å². The summed E-state index contributed by atoms with van der Waals surface area (Å²) in [5.41, 5.74) is 0. The van der Waals surface area contributed by atoms with Crippen molar-refractivity contribution in [2.75, 3.05) is 26.4 Å². The van der Waals surface area contributed by atoms with E-state index < -0.39 is 19.8 Å². The molecule has 0 bridgehead atoms. The lowest BCUT2D eigenvalue weighted by Crippen LogP contribution is -2.05. The average Bonchev–Trinajstić information content (AvgIpc) is 2.53. The van der Waals surface area contributed by atoms with E-state index in [0.717, 1.165) is 0 Å². The highest BCUT2D eigenvalue weighted by molar-refractivity contribution is 7.47. The molecule has 0 radical (unpaired) electrons. The van der Waals surface area contributed by atoms with Gasteiger partial charge in [-0.3, -0.25) is 9.05 Å². The molecule has 0 amide bonds. The van der Waals surface area contributed by atoms with E-state index in [1.165, 1.54) is 0 Å². The van der Waals surface area contributed by atoms with Crippen molar-refractivity contribution in [1.29, 1.82) is 0 Å². The summed E-state index contributed by atoms with van der Waals surface area (Å²) in [6.45, 7) is 0.168. The number of ether oxygens (including phenoxy) is 2. The van der Waals surface area contributed by atoms with Crippen molar-refractivity contribution in [1.82, 2.24) is 0 Å². The Kier molecular flexibility index (Phi) is 11.7. The molecular weight excluding hydrogens is 327 g/mol. The Bertz CT molecular complexity index is 460. The zero-order chi connectivity index (χ0) is 17.6. The van der Waals surface area contributed by atoms with E-state index in [1.54, 1.807) is 11.8 Å². The van der Waals surface area contributed by atoms with Crippen LogP contribution in [-0.4, -0.2) is 43.3 Å². The lowest BCUT2D eigenvalue weighted by Gasteiger charge is -2.12. The molecule has 23 heavy (non-hydrogen) atoms. The summed E-state index contributed by atoms with van der Waals surface area (Å²) in [4.78, 5) is 30.6. The van der Waals surface area contributed by atoms with E-state index in [0.29, 0.717) is 25.7 Å². The number of carbonyl (C=O) groups excluding carboxylic acids is 2. The fraction of sp³-hybridized carbons (Fsp3) is 0.571. The van der Waals surface area contributed by atoms with Crippen molar-refractivity contribution >= 4 is 19.8 Å². The summed E-state index contributed by atoms with van der Waals surface area (Å²) in [7, 11) is -4.12. The molecule has 0 unspecified atom stereocenters. The van der Waals surface area contributed by atoms with Crippen LogP contribution in [0.25, 0.3) is 0 Å². The first kappa shape index (κ1) is 21.2. The van der Waals surface area contributed by atoms with Crippen molar-refractivity contribution in [3.63, 3.8) is 0 Å². The first-order valence-electron chi connectivity index (χ1n) is 6.80. The lowest BCUT2D eigenvalue weighted by molar-refractivity contribution is -0.137. The number of hydrogen-bond donors (Lipinski definition) is 1. The summed E-state index contributed by atoms with van der Waals surface area (Å²) in [6, 6.07) is 0. The Morgan fingerprint density at radius 2 is 1.17 bits per heavy atom. The molecule has 0 atom stereocenters. The average molecular weight is 346 g/mol. The Balaban J connectivity index is 3.57. The predicted molar refractivity (Wildman–Crippen MR) is 79.8 cm³/mol. The smallest absolute Gasteiger partial charge is 0.456 e. The van der Waals surface area contributed by atoms with Crippen LogP contribution >= 0.6 is 7.82 Å². The molecule has 0 rings (SSSR count). The number of carbonyl (C=O) groups is 2. The molecule has 9 heteroatoms. The van der Waals surface area contributed by atoms with Crippen molar-refractivity contribution in [3.05, 3.63) is 0 Å². The molecular formula is C14H19O8P. The molecule has 0 aromatic carbocycles. The fourth-order valence-corrected chi connectivity index (χ4v) is 2.01. The van der Waals surface area contributed by atoms with Gasteiger partial charge in [-0.1, -0.05) is 0 Å². The predicted octanol–water partition coefficient (Wildman–Crippen LogP) is 1.03. The van der Waals surface area contributed by atoms with E-state index in [2.05, 4.69) is 9.47 Å². The minimum Gasteiger partial charge on any atom is -0.456 e. The molecule has 0 fully saturated rings. The van der Waals surface area contributed by atoms with Gasteiger partial charge in [0.2, 0.25) is 0 Å². The fourth-order valence-electron chi connectivity index (χ4n) is 1.22. The number of unbranched alkanes of at least 4 members (excludes halogenated alkanes) is 2. The zero-order valence-corrected chi connectivity index (χ0v) is 13.5. The number of phosphoric ester groups is 1. The minimum atomic E-state index is -4.12. The summed E-state index contributed by atoms with van der Waals surface area (Å²) < 4.78 is 30.1. The van der Waals surface area contributed by atoms with Crippen molar-refractivity contribution in [2.24, 2.45) is 0 Å². The van der Waals surface area contributed by atoms with Crippen molar-refractivity contribution < 1.29 is 37.6 Å². The van der Waals surface area contributed by atoms with Gasteiger partial charge in [0.1, 0.15) is 0 Å². The van der Waals surface area contributed by atoms with Gasteiger partial charge in [0.05, 0.1) is 26.4 Å². The second kappa shape index (κ2) is 12.7. The van der Waals surface area contributed by atoms with Crippen LogP contribution in [0.5, 0.6) is 0 Å². The molecule has 0 aliphatic rings. The molecule has 0 aromatic rings. The SMILES string of the molecule is C#CC(=O)OCCCCOP(=O)(O)OCCCCOC(=O)C#C. The topological polar surface area (TPSA) is 108 Å². The number of esters is 2. The maximum Gasteiger partial charge on any atom is 0.472 e. The van der Waals surface area contributed by atoms with Crippen LogP contribution in [-0.2, 0) is 32.7 Å². The molecule has 0 heterocycles. The van der Waals surface area contributed by atoms with Gasteiger partial charge in [-0.2, -0.15) is 0 Å². The van der Waals surface area contributed by atoms with Crippen molar-refractivity contribution in [2.45, 2.75) is 25.7 Å². The molecule has 0 saturated heterocycles. The van der Waals surface area contributed by atoms with Gasteiger partial charge >= 0.3 is 19.8 Å². The Morgan fingerprint density at radius 3 is 1.52 bits per heavy atom. The van der Waals surface area contributed by atoms with E-state index >= 15 is 0 Å². The summed E-state index contributed by atoms with van der Waals surface area (Å²) in [5.74, 6) is 2.08. The van der Waals surface area contributed by atoms with Crippen molar-refractivity contribution in [3.8, 4) is 24.7 Å². The normalized spacial score (nSPS) is 10.4. The molecule has 0 aliphatic carbocycles. The maximum absolute atomic E-state index is 11.5. The second-order valence-corrected chi connectivity index (χ2v) is 5.56. The molecule has 0 saturated carbocycles. The number of hydrogen-bond acceptors (Lipinski definition) is 7. The number of phosphoric acid groups is 1. The van der Waals surface area contributed by atoms with Crippen LogP contribution in [0.15, 0.2) is 0 Å². The highest BCUT2D eigenvalue weighted by Crippen LogP contribution is 2.43. The molecule has 8 nitrogen and oxygen atoms in total. The number of terminal acetylenes is 2. The van der Waals surface area contributed by atoms with E-state index in [1.807, 2.05) is 0 Å². The Labute approximate surface area is 135 Å². The molecule has 0 aliphatic heterocycles. The highest BCUT2D eigenvalue weighted by atomic mass is 31.2. The first-order valence-corrected chi connectivity index (χ1v) is 8.29. The molecule has 1 N–H and O–H groups in total. The Morgan fingerprint density at radius 1 is 0.826 bits per heavy atom. The van der Waals surface area contributed by atoms with Crippen LogP contribution in [0.3, 0.4) is 0 Å². The minimum absolute atomic E-state index is 0.0266. The van der Waals surface area contributed by atoms with Crippen LogP contribution in [0.2, 0.25) is 0 Å². The van der Waals surface area contributed by atoms with Crippen LogP contribution in [0, 0.1) is 24.7 Å². The lowest BCUT2D eigenvalue weighted by atomic mass is 10.3. The quantitative estimate of drug-likeness (QED) is 0.184. The van der Waals surface area contributed by atoms with Gasteiger partial charge in [-0.25, -0.2) is 14.2 Å². The Hall–Kier alpha value is -1.83. The van der Waals surface area contributed by atoms with Gasteiger partial charge in [0.15, 0.2) is 0 Å². The molecule has 0 aromatic heterocycles. The maximum atomic E-state index is 11.5. The number of rotatable bonds is 12. The van der Waals surface area contributed by atoms with E-state index in [9.17, 15) is 19.0 Å². The third-order valence-electron chi connectivity index (χ3n) is 2.29. The van der Waals surface area contributed by atoms with Gasteiger partial charge in [0.25, 0.3) is 0 Å². The van der Waals surface area contributed by atoms with Gasteiger partial charge < -0.3 is 14.4 Å². The zero-order valence-electron chi connectivity index (χ0n) is 12.6. The van der Waals surface area contributed by atoms with E-state index in [-0.39, 0.29) is 26.4 Å². The van der Waals surface area contributed by atoms with Gasteiger partial charge in [0, 0.05) is 11.8 Å². The van der Waals surface area contributed by atoms with Crippen LogP contribution in [0.1, 0.15) is 25.7 Å². The van der Waals surface area contributed by atoms with Crippen LogP contribution < -0.4 is 0 Å². The third kappa shape index (κ3) is 13.5. The monoisotopic (exact) mass is 346 g/mol. The summed E-state index contributed by atoms with van der Waals surface area (Å²) in [6.07, 6.45) is 11.3. The second-order valence-electron chi connectivity index (χ2n) is 4.11.